The molecule has 0 bridgehead atoms. The molecule has 15 heavy (non-hydrogen) atoms. The first-order valence-electron chi connectivity index (χ1n) is 5.45. The molecule has 1 aromatic heterocycles. The third kappa shape index (κ3) is 2.75. The number of aryl methyl sites for hydroxylation is 2. The van der Waals surface area contributed by atoms with Crippen molar-refractivity contribution in [3.05, 3.63) is 22.8 Å². The summed E-state index contributed by atoms with van der Waals surface area (Å²) in [6.07, 6.45) is 0.952. The van der Waals surface area contributed by atoms with Gasteiger partial charge in [0.2, 0.25) is 0 Å². The van der Waals surface area contributed by atoms with Crippen molar-refractivity contribution in [1.29, 1.82) is 0 Å². The highest BCUT2D eigenvalue weighted by molar-refractivity contribution is 5.28. The van der Waals surface area contributed by atoms with Gasteiger partial charge < -0.3 is 4.74 Å². The number of ether oxygens (including phenoxy) is 1. The molecule has 1 rings (SSSR count). The fourth-order valence-electron chi connectivity index (χ4n) is 1.92. The van der Waals surface area contributed by atoms with Gasteiger partial charge in [-0.05, 0) is 24.8 Å². The Hall–Kier alpha value is -0.960. The van der Waals surface area contributed by atoms with E-state index in [1.165, 1.54) is 5.56 Å². The maximum atomic E-state index is 5.06. The maximum Gasteiger partial charge on any atom is 0.154 e. The van der Waals surface area contributed by atoms with Crippen molar-refractivity contribution in [1.82, 2.24) is 9.97 Å². The van der Waals surface area contributed by atoms with Gasteiger partial charge in [-0.1, -0.05) is 20.8 Å². The minimum atomic E-state index is 0.483. The molecule has 0 fully saturated rings. The molecular weight excluding hydrogens is 188 g/mol. The van der Waals surface area contributed by atoms with E-state index in [0.717, 1.165) is 23.6 Å². The molecule has 0 aliphatic rings. The fraction of sp³-hybridized carbons (Fsp3) is 0.667. The van der Waals surface area contributed by atoms with Gasteiger partial charge in [0.15, 0.2) is 5.82 Å². The number of methoxy groups -OCH3 is 1. The van der Waals surface area contributed by atoms with E-state index in [4.69, 9.17) is 4.74 Å². The average molecular weight is 208 g/mol. The summed E-state index contributed by atoms with van der Waals surface area (Å²) in [5.74, 6) is 1.27. The second-order valence-electron chi connectivity index (χ2n) is 4.03. The van der Waals surface area contributed by atoms with Gasteiger partial charge in [-0.15, -0.1) is 0 Å². The van der Waals surface area contributed by atoms with Crippen molar-refractivity contribution >= 4 is 0 Å². The van der Waals surface area contributed by atoms with Crippen LogP contribution in [0.15, 0.2) is 0 Å². The van der Waals surface area contributed by atoms with Gasteiger partial charge in [0, 0.05) is 18.5 Å². The van der Waals surface area contributed by atoms with Crippen LogP contribution in [0, 0.1) is 6.92 Å². The number of hydrogen-bond donors (Lipinski definition) is 0. The van der Waals surface area contributed by atoms with Crippen molar-refractivity contribution in [2.24, 2.45) is 0 Å². The first-order chi connectivity index (χ1) is 7.10. The molecule has 0 saturated carbocycles. The van der Waals surface area contributed by atoms with Crippen LogP contribution in [0.2, 0.25) is 0 Å². The summed E-state index contributed by atoms with van der Waals surface area (Å²) in [6.45, 7) is 9.04. The van der Waals surface area contributed by atoms with E-state index in [1.807, 2.05) is 0 Å². The minimum Gasteiger partial charge on any atom is -0.377 e. The summed E-state index contributed by atoms with van der Waals surface area (Å²) in [5.41, 5.74) is 3.53. The summed E-state index contributed by atoms with van der Waals surface area (Å²) >= 11 is 0. The van der Waals surface area contributed by atoms with E-state index in [-0.39, 0.29) is 0 Å². The average Bonchev–Trinajstić information content (AvgIpc) is 2.16. The van der Waals surface area contributed by atoms with Crippen LogP contribution in [-0.4, -0.2) is 17.1 Å². The van der Waals surface area contributed by atoms with Gasteiger partial charge in [-0.3, -0.25) is 0 Å². The lowest BCUT2D eigenvalue weighted by molar-refractivity contribution is 0.177. The number of rotatable bonds is 4. The van der Waals surface area contributed by atoms with Crippen LogP contribution in [0.4, 0.5) is 0 Å². The lowest BCUT2D eigenvalue weighted by atomic mass is 9.98. The monoisotopic (exact) mass is 208 g/mol. The normalized spacial score (nSPS) is 11.1. The number of aromatic nitrogens is 2. The second kappa shape index (κ2) is 5.21. The molecule has 0 N–H and O–H groups in total. The van der Waals surface area contributed by atoms with E-state index in [1.54, 1.807) is 7.11 Å². The Morgan fingerprint density at radius 1 is 1.27 bits per heavy atom. The van der Waals surface area contributed by atoms with Crippen LogP contribution < -0.4 is 0 Å². The zero-order chi connectivity index (χ0) is 11.4. The third-order valence-corrected chi connectivity index (χ3v) is 2.45. The van der Waals surface area contributed by atoms with E-state index in [0.29, 0.717) is 12.5 Å². The second-order valence-corrected chi connectivity index (χ2v) is 4.03. The van der Waals surface area contributed by atoms with Crippen LogP contribution in [0.5, 0.6) is 0 Å². The molecule has 0 aromatic carbocycles. The number of nitrogens with zero attached hydrogens (tertiary/aromatic N) is 2. The van der Waals surface area contributed by atoms with E-state index in [9.17, 15) is 0 Å². The zero-order valence-electron chi connectivity index (χ0n) is 10.3. The smallest absolute Gasteiger partial charge is 0.154 e. The van der Waals surface area contributed by atoms with Crippen molar-refractivity contribution in [2.75, 3.05) is 7.11 Å². The number of hydrogen-bond acceptors (Lipinski definition) is 3. The molecule has 0 saturated heterocycles. The Morgan fingerprint density at radius 3 is 2.40 bits per heavy atom. The lowest BCUT2D eigenvalue weighted by Crippen LogP contribution is -2.09. The van der Waals surface area contributed by atoms with Gasteiger partial charge in [0.05, 0.1) is 0 Å². The van der Waals surface area contributed by atoms with Gasteiger partial charge in [0.1, 0.15) is 6.61 Å². The maximum absolute atomic E-state index is 5.06. The molecule has 0 amide bonds. The SMILES string of the molecule is CCc1nc(COC)nc(C)c1C(C)C. The van der Waals surface area contributed by atoms with Gasteiger partial charge >= 0.3 is 0 Å². The Bertz CT molecular complexity index is 335. The molecule has 1 heterocycles. The quantitative estimate of drug-likeness (QED) is 0.763. The van der Waals surface area contributed by atoms with Crippen LogP contribution in [0.3, 0.4) is 0 Å². The largest absolute Gasteiger partial charge is 0.377 e. The van der Waals surface area contributed by atoms with Crippen molar-refractivity contribution in [3.63, 3.8) is 0 Å². The van der Waals surface area contributed by atoms with Gasteiger partial charge in [-0.2, -0.15) is 0 Å². The molecule has 0 unspecified atom stereocenters. The fourth-order valence-corrected chi connectivity index (χ4v) is 1.92. The summed E-state index contributed by atoms with van der Waals surface area (Å²) in [4.78, 5) is 8.98. The Balaban J connectivity index is 3.18. The van der Waals surface area contributed by atoms with Crippen molar-refractivity contribution in [2.45, 2.75) is 46.6 Å². The molecule has 0 radical (unpaired) electrons. The highest BCUT2D eigenvalue weighted by Gasteiger charge is 2.12. The van der Waals surface area contributed by atoms with Gasteiger partial charge in [0.25, 0.3) is 0 Å². The van der Waals surface area contributed by atoms with E-state index in [2.05, 4.69) is 37.7 Å². The molecule has 3 nitrogen and oxygen atoms in total. The summed E-state index contributed by atoms with van der Waals surface area (Å²) in [7, 11) is 1.67. The Morgan fingerprint density at radius 2 is 1.93 bits per heavy atom. The van der Waals surface area contributed by atoms with Crippen LogP contribution in [0.25, 0.3) is 0 Å². The zero-order valence-corrected chi connectivity index (χ0v) is 10.3. The highest BCUT2D eigenvalue weighted by atomic mass is 16.5. The van der Waals surface area contributed by atoms with Crippen LogP contribution in [0.1, 0.15) is 49.5 Å². The third-order valence-electron chi connectivity index (χ3n) is 2.45. The molecule has 0 aliphatic carbocycles. The molecule has 3 heteroatoms. The topological polar surface area (TPSA) is 35.0 Å². The Labute approximate surface area is 91.9 Å². The first-order valence-corrected chi connectivity index (χ1v) is 5.45. The van der Waals surface area contributed by atoms with Crippen molar-refractivity contribution in [3.8, 4) is 0 Å². The molecule has 84 valence electrons. The van der Waals surface area contributed by atoms with E-state index >= 15 is 0 Å². The summed E-state index contributed by atoms with van der Waals surface area (Å²) in [6, 6.07) is 0. The predicted octanol–water partition coefficient (Wildman–Crippen LogP) is 2.62. The molecule has 0 atom stereocenters. The van der Waals surface area contributed by atoms with Gasteiger partial charge in [-0.25, -0.2) is 9.97 Å². The molecule has 1 aromatic rings. The predicted molar refractivity (Wildman–Crippen MR) is 60.9 cm³/mol. The van der Waals surface area contributed by atoms with Crippen molar-refractivity contribution < 1.29 is 4.74 Å². The van der Waals surface area contributed by atoms with Crippen LogP contribution >= 0.6 is 0 Å². The first kappa shape index (κ1) is 12.1. The van der Waals surface area contributed by atoms with Crippen LogP contribution in [-0.2, 0) is 17.8 Å². The molecule has 0 spiro atoms. The Kier molecular flexibility index (Phi) is 4.21. The standard InChI is InChI=1S/C12H20N2O/c1-6-10-12(8(2)3)9(4)13-11(14-10)7-15-5/h8H,6-7H2,1-5H3. The highest BCUT2D eigenvalue weighted by Crippen LogP contribution is 2.21. The molecular formula is C12H20N2O. The summed E-state index contributed by atoms with van der Waals surface area (Å²) < 4.78 is 5.06. The van der Waals surface area contributed by atoms with E-state index < -0.39 is 0 Å². The lowest BCUT2D eigenvalue weighted by Gasteiger charge is -2.14. The molecule has 0 aliphatic heterocycles. The minimum absolute atomic E-state index is 0.483. The summed E-state index contributed by atoms with van der Waals surface area (Å²) in [5, 5.41) is 0.